The molecule has 0 aromatic heterocycles. The van der Waals surface area contributed by atoms with Gasteiger partial charge in [-0.1, -0.05) is 19.4 Å². The minimum absolute atomic E-state index is 0.304. The molecule has 0 saturated heterocycles. The van der Waals surface area contributed by atoms with Crippen LogP contribution in [-0.2, 0) is 5.41 Å². The molecule has 1 fully saturated rings. The van der Waals surface area contributed by atoms with Gasteiger partial charge >= 0.3 is 0 Å². The van der Waals surface area contributed by atoms with Crippen LogP contribution in [-0.4, -0.2) is 45.1 Å². The van der Waals surface area contributed by atoms with Crippen molar-refractivity contribution in [2.24, 2.45) is 5.92 Å². The maximum atomic E-state index is 5.93. The first-order chi connectivity index (χ1) is 11.0. The average molecular weight is 340 g/mol. The van der Waals surface area contributed by atoms with E-state index in [1.54, 1.807) is 14.2 Å². The number of ether oxygens (including phenoxy) is 2. The fraction of sp³-hybridized carbons (Fsp3) is 0.684. The molecule has 1 atom stereocenters. The van der Waals surface area contributed by atoms with E-state index in [0.29, 0.717) is 11.3 Å². The van der Waals surface area contributed by atoms with Crippen molar-refractivity contribution < 1.29 is 9.47 Å². The molecule has 4 heteroatoms. The predicted molar refractivity (Wildman–Crippen MR) is 97.1 cm³/mol. The molecule has 0 spiro atoms. The molecule has 130 valence electrons. The van der Waals surface area contributed by atoms with E-state index >= 15 is 0 Å². The molecule has 3 nitrogen and oxygen atoms in total. The zero-order chi connectivity index (χ0) is 16.9. The standard InChI is InChI=1S/C19H30ClNO2/c1-15(13-20)14-21(2)11-10-19(8-5-9-19)16-6-7-17(22-3)18(12-16)23-4/h6-7,12,15H,5,8-11,13-14H2,1-4H3/t15-/m0/s1. The summed E-state index contributed by atoms with van der Waals surface area (Å²) in [5.74, 6) is 2.91. The van der Waals surface area contributed by atoms with Crippen molar-refractivity contribution in [2.45, 2.75) is 38.0 Å². The maximum Gasteiger partial charge on any atom is 0.161 e. The van der Waals surface area contributed by atoms with Crippen molar-refractivity contribution >= 4 is 11.6 Å². The Balaban J connectivity index is 2.06. The van der Waals surface area contributed by atoms with Gasteiger partial charge in [-0.15, -0.1) is 11.6 Å². The Hall–Kier alpha value is -0.930. The quantitative estimate of drug-likeness (QED) is 0.625. The van der Waals surface area contributed by atoms with Crippen molar-refractivity contribution in [1.82, 2.24) is 4.90 Å². The molecule has 1 saturated carbocycles. The Labute approximate surface area is 145 Å². The highest BCUT2D eigenvalue weighted by molar-refractivity contribution is 6.18. The van der Waals surface area contributed by atoms with Gasteiger partial charge in [-0.25, -0.2) is 0 Å². The summed E-state index contributed by atoms with van der Waals surface area (Å²) < 4.78 is 10.8. The molecule has 1 aromatic rings. The maximum absolute atomic E-state index is 5.93. The average Bonchev–Trinajstić information content (AvgIpc) is 2.53. The summed E-state index contributed by atoms with van der Waals surface area (Å²) in [6.45, 7) is 4.37. The third-order valence-electron chi connectivity index (χ3n) is 5.17. The summed E-state index contributed by atoms with van der Waals surface area (Å²) in [6.07, 6.45) is 5.03. The number of alkyl halides is 1. The summed E-state index contributed by atoms with van der Waals surface area (Å²) >= 11 is 5.93. The molecule has 0 aliphatic heterocycles. The molecule has 0 heterocycles. The minimum Gasteiger partial charge on any atom is -0.493 e. The normalized spacial score (nSPS) is 17.7. The Morgan fingerprint density at radius 2 is 1.91 bits per heavy atom. The summed E-state index contributed by atoms with van der Waals surface area (Å²) in [7, 11) is 5.59. The van der Waals surface area contributed by atoms with Gasteiger partial charge in [-0.3, -0.25) is 0 Å². The van der Waals surface area contributed by atoms with Crippen LogP contribution in [0, 0.1) is 5.92 Å². The molecule has 2 rings (SSSR count). The van der Waals surface area contributed by atoms with Gasteiger partial charge in [0.15, 0.2) is 11.5 Å². The highest BCUT2D eigenvalue weighted by Crippen LogP contribution is 2.48. The Bertz CT molecular complexity index is 502. The molecular formula is C19H30ClNO2. The third-order valence-corrected chi connectivity index (χ3v) is 5.69. The van der Waals surface area contributed by atoms with E-state index in [-0.39, 0.29) is 0 Å². The van der Waals surface area contributed by atoms with Gasteiger partial charge in [0.25, 0.3) is 0 Å². The zero-order valence-corrected chi connectivity index (χ0v) is 15.7. The summed E-state index contributed by atoms with van der Waals surface area (Å²) in [5.41, 5.74) is 1.69. The Kier molecular flexibility index (Phi) is 6.60. The largest absolute Gasteiger partial charge is 0.493 e. The number of hydrogen-bond donors (Lipinski definition) is 0. The molecular weight excluding hydrogens is 310 g/mol. The number of nitrogens with zero attached hydrogens (tertiary/aromatic N) is 1. The Morgan fingerprint density at radius 1 is 1.22 bits per heavy atom. The van der Waals surface area contributed by atoms with E-state index in [9.17, 15) is 0 Å². The van der Waals surface area contributed by atoms with E-state index in [1.165, 1.54) is 31.2 Å². The molecule has 1 aliphatic rings. The van der Waals surface area contributed by atoms with Crippen LogP contribution in [0.5, 0.6) is 11.5 Å². The number of hydrogen-bond acceptors (Lipinski definition) is 3. The van der Waals surface area contributed by atoms with Gasteiger partial charge in [0.05, 0.1) is 14.2 Å². The lowest BCUT2D eigenvalue weighted by Gasteiger charge is -2.44. The van der Waals surface area contributed by atoms with Gasteiger partial charge in [0.1, 0.15) is 0 Å². The zero-order valence-electron chi connectivity index (χ0n) is 14.9. The lowest BCUT2D eigenvalue weighted by Crippen LogP contribution is -2.38. The van der Waals surface area contributed by atoms with Gasteiger partial charge < -0.3 is 14.4 Å². The molecule has 0 radical (unpaired) electrons. The second-order valence-corrected chi connectivity index (χ2v) is 7.28. The highest BCUT2D eigenvalue weighted by Gasteiger charge is 2.38. The monoisotopic (exact) mass is 339 g/mol. The lowest BCUT2D eigenvalue weighted by molar-refractivity contribution is 0.184. The van der Waals surface area contributed by atoms with Crippen LogP contribution in [0.25, 0.3) is 0 Å². The number of methoxy groups -OCH3 is 2. The van der Waals surface area contributed by atoms with E-state index < -0.39 is 0 Å². The summed E-state index contributed by atoms with van der Waals surface area (Å²) in [5, 5.41) is 0. The van der Waals surface area contributed by atoms with E-state index in [0.717, 1.165) is 30.5 Å². The lowest BCUT2D eigenvalue weighted by atomic mass is 9.62. The van der Waals surface area contributed by atoms with Crippen LogP contribution < -0.4 is 9.47 Å². The van der Waals surface area contributed by atoms with E-state index in [1.807, 2.05) is 6.07 Å². The fourth-order valence-electron chi connectivity index (χ4n) is 3.53. The number of rotatable bonds is 9. The van der Waals surface area contributed by atoms with Crippen LogP contribution in [0.15, 0.2) is 18.2 Å². The molecule has 0 unspecified atom stereocenters. The summed E-state index contributed by atoms with van der Waals surface area (Å²) in [4.78, 5) is 2.41. The van der Waals surface area contributed by atoms with Crippen molar-refractivity contribution in [3.8, 4) is 11.5 Å². The number of benzene rings is 1. The number of halogens is 1. The van der Waals surface area contributed by atoms with Crippen LogP contribution >= 0.6 is 11.6 Å². The van der Waals surface area contributed by atoms with Crippen LogP contribution in [0.1, 0.15) is 38.2 Å². The van der Waals surface area contributed by atoms with Gasteiger partial charge in [-0.05, 0) is 61.9 Å². The molecule has 1 aromatic carbocycles. The third kappa shape index (κ3) is 4.33. The molecule has 0 N–H and O–H groups in total. The second kappa shape index (κ2) is 8.25. The Morgan fingerprint density at radius 3 is 2.43 bits per heavy atom. The summed E-state index contributed by atoms with van der Waals surface area (Å²) in [6, 6.07) is 6.41. The molecule has 0 amide bonds. The topological polar surface area (TPSA) is 21.7 Å². The van der Waals surface area contributed by atoms with Crippen molar-refractivity contribution in [2.75, 3.05) is 40.2 Å². The van der Waals surface area contributed by atoms with Crippen molar-refractivity contribution in [1.29, 1.82) is 0 Å². The van der Waals surface area contributed by atoms with Gasteiger partial charge in [0.2, 0.25) is 0 Å². The van der Waals surface area contributed by atoms with Crippen LogP contribution in [0.3, 0.4) is 0 Å². The van der Waals surface area contributed by atoms with Gasteiger partial charge in [0, 0.05) is 12.4 Å². The molecule has 0 bridgehead atoms. The van der Waals surface area contributed by atoms with Crippen LogP contribution in [0.2, 0.25) is 0 Å². The smallest absolute Gasteiger partial charge is 0.161 e. The molecule has 23 heavy (non-hydrogen) atoms. The van der Waals surface area contributed by atoms with E-state index in [2.05, 4.69) is 31.0 Å². The fourth-order valence-corrected chi connectivity index (χ4v) is 3.63. The predicted octanol–water partition coefficient (Wildman–Crippen LogP) is 4.32. The second-order valence-electron chi connectivity index (χ2n) is 6.98. The highest BCUT2D eigenvalue weighted by atomic mass is 35.5. The minimum atomic E-state index is 0.304. The van der Waals surface area contributed by atoms with E-state index in [4.69, 9.17) is 21.1 Å². The first-order valence-corrected chi connectivity index (χ1v) is 9.05. The SMILES string of the molecule is COc1ccc(C2(CCN(C)C[C@@H](C)CCl)CCC2)cc1OC. The molecule has 1 aliphatic carbocycles. The first kappa shape index (κ1) is 18.4. The first-order valence-electron chi connectivity index (χ1n) is 8.51. The van der Waals surface area contributed by atoms with Crippen molar-refractivity contribution in [3.63, 3.8) is 0 Å². The van der Waals surface area contributed by atoms with Crippen molar-refractivity contribution in [3.05, 3.63) is 23.8 Å². The van der Waals surface area contributed by atoms with Gasteiger partial charge in [-0.2, -0.15) is 0 Å². The van der Waals surface area contributed by atoms with Crippen LogP contribution in [0.4, 0.5) is 0 Å².